The molecule has 0 amide bonds. The Balaban J connectivity index is 2.40. The van der Waals surface area contributed by atoms with Gasteiger partial charge in [-0.3, -0.25) is 0 Å². The molecule has 0 bridgehead atoms. The topological polar surface area (TPSA) is 44.5 Å². The number of hydrogen-bond acceptors (Lipinski definition) is 3. The van der Waals surface area contributed by atoms with E-state index in [4.69, 9.17) is 15.2 Å². The first-order valence-electron chi connectivity index (χ1n) is 5.89. The maximum atomic E-state index is 13.9. The summed E-state index contributed by atoms with van der Waals surface area (Å²) >= 11 is 0. The van der Waals surface area contributed by atoms with Crippen molar-refractivity contribution in [1.82, 2.24) is 0 Å². The Morgan fingerprint density at radius 1 is 1.00 bits per heavy atom. The van der Waals surface area contributed by atoms with Crippen molar-refractivity contribution in [3.05, 3.63) is 59.4 Å². The van der Waals surface area contributed by atoms with Gasteiger partial charge in [0.05, 0.1) is 25.8 Å². The predicted molar refractivity (Wildman–Crippen MR) is 72.0 cm³/mol. The summed E-state index contributed by atoms with van der Waals surface area (Å²) in [5.74, 6) is 0.808. The molecule has 0 radical (unpaired) electrons. The molecule has 1 atom stereocenters. The first-order valence-corrected chi connectivity index (χ1v) is 5.89. The van der Waals surface area contributed by atoms with E-state index in [9.17, 15) is 4.39 Å². The van der Waals surface area contributed by atoms with Crippen LogP contribution in [-0.2, 0) is 0 Å². The first-order chi connectivity index (χ1) is 9.17. The van der Waals surface area contributed by atoms with E-state index < -0.39 is 6.04 Å². The third-order valence-corrected chi connectivity index (χ3v) is 3.02. The number of methoxy groups -OCH3 is 2. The fourth-order valence-electron chi connectivity index (χ4n) is 1.97. The van der Waals surface area contributed by atoms with E-state index in [0.29, 0.717) is 11.3 Å². The van der Waals surface area contributed by atoms with Crippen LogP contribution in [0, 0.1) is 5.82 Å². The highest BCUT2D eigenvalue weighted by Crippen LogP contribution is 2.31. The van der Waals surface area contributed by atoms with Crippen molar-refractivity contribution in [2.75, 3.05) is 14.2 Å². The van der Waals surface area contributed by atoms with Gasteiger partial charge >= 0.3 is 0 Å². The van der Waals surface area contributed by atoms with Gasteiger partial charge in [-0.25, -0.2) is 4.39 Å². The monoisotopic (exact) mass is 261 g/mol. The second-order valence-electron chi connectivity index (χ2n) is 4.11. The van der Waals surface area contributed by atoms with E-state index in [2.05, 4.69) is 0 Å². The molecule has 0 saturated carbocycles. The van der Waals surface area contributed by atoms with Crippen molar-refractivity contribution < 1.29 is 13.9 Å². The summed E-state index contributed by atoms with van der Waals surface area (Å²) in [4.78, 5) is 0. The molecule has 4 heteroatoms. The average Bonchev–Trinajstić information content (AvgIpc) is 2.46. The SMILES string of the molecule is COc1ccc(C(N)c2c(F)cccc2OC)cc1. The van der Waals surface area contributed by atoms with Crippen molar-refractivity contribution in [3.63, 3.8) is 0 Å². The summed E-state index contributed by atoms with van der Waals surface area (Å²) in [6.45, 7) is 0. The molecule has 0 fully saturated rings. The molecule has 0 heterocycles. The first kappa shape index (κ1) is 13.4. The number of rotatable bonds is 4. The molecule has 0 spiro atoms. The second kappa shape index (κ2) is 5.71. The number of hydrogen-bond donors (Lipinski definition) is 1. The Hall–Kier alpha value is -2.07. The number of nitrogens with two attached hydrogens (primary N) is 1. The Kier molecular flexibility index (Phi) is 4.02. The Bertz CT molecular complexity index is 555. The van der Waals surface area contributed by atoms with Gasteiger partial charge in [0.2, 0.25) is 0 Å². The zero-order valence-electron chi connectivity index (χ0n) is 10.9. The van der Waals surface area contributed by atoms with Gasteiger partial charge in [0.25, 0.3) is 0 Å². The largest absolute Gasteiger partial charge is 0.497 e. The van der Waals surface area contributed by atoms with Crippen LogP contribution in [0.2, 0.25) is 0 Å². The zero-order valence-corrected chi connectivity index (χ0v) is 10.9. The summed E-state index contributed by atoms with van der Waals surface area (Å²) in [6, 6.07) is 11.3. The van der Waals surface area contributed by atoms with E-state index in [0.717, 1.165) is 11.3 Å². The van der Waals surface area contributed by atoms with Gasteiger partial charge < -0.3 is 15.2 Å². The molecule has 1 unspecified atom stereocenters. The van der Waals surface area contributed by atoms with Gasteiger partial charge in [0.15, 0.2) is 0 Å². The van der Waals surface area contributed by atoms with Crippen LogP contribution in [0.1, 0.15) is 17.2 Å². The van der Waals surface area contributed by atoms with Gasteiger partial charge in [-0.05, 0) is 29.8 Å². The highest BCUT2D eigenvalue weighted by molar-refractivity contribution is 5.43. The van der Waals surface area contributed by atoms with Crippen LogP contribution in [0.4, 0.5) is 4.39 Å². The van der Waals surface area contributed by atoms with Crippen molar-refractivity contribution in [1.29, 1.82) is 0 Å². The molecule has 100 valence electrons. The fraction of sp³-hybridized carbons (Fsp3) is 0.200. The quantitative estimate of drug-likeness (QED) is 0.920. The predicted octanol–water partition coefficient (Wildman–Crippen LogP) is 2.89. The molecule has 2 N–H and O–H groups in total. The average molecular weight is 261 g/mol. The molecule has 2 aromatic carbocycles. The molecule has 0 aromatic heterocycles. The highest BCUT2D eigenvalue weighted by Gasteiger charge is 2.18. The molecule has 3 nitrogen and oxygen atoms in total. The van der Waals surface area contributed by atoms with Crippen molar-refractivity contribution in [2.45, 2.75) is 6.04 Å². The van der Waals surface area contributed by atoms with E-state index in [1.807, 2.05) is 12.1 Å². The van der Waals surface area contributed by atoms with Crippen molar-refractivity contribution >= 4 is 0 Å². The van der Waals surface area contributed by atoms with Crippen LogP contribution in [-0.4, -0.2) is 14.2 Å². The zero-order chi connectivity index (χ0) is 13.8. The minimum Gasteiger partial charge on any atom is -0.497 e. The minimum absolute atomic E-state index is 0.357. The third-order valence-electron chi connectivity index (χ3n) is 3.02. The minimum atomic E-state index is -0.581. The molecule has 0 saturated heterocycles. The molecular formula is C15H16FNO2. The van der Waals surface area contributed by atoms with Crippen LogP contribution < -0.4 is 15.2 Å². The molecule has 2 aromatic rings. The summed E-state index contributed by atoms with van der Waals surface area (Å²) in [6.07, 6.45) is 0. The van der Waals surface area contributed by atoms with Crippen LogP contribution in [0.3, 0.4) is 0 Å². The van der Waals surface area contributed by atoms with Gasteiger partial charge in [-0.2, -0.15) is 0 Å². The van der Waals surface area contributed by atoms with E-state index in [1.165, 1.54) is 13.2 Å². The van der Waals surface area contributed by atoms with Gasteiger partial charge in [-0.15, -0.1) is 0 Å². The van der Waals surface area contributed by atoms with Crippen molar-refractivity contribution in [2.24, 2.45) is 5.73 Å². The summed E-state index contributed by atoms with van der Waals surface area (Å²) in [7, 11) is 3.09. The summed E-state index contributed by atoms with van der Waals surface area (Å²) in [5.41, 5.74) is 7.28. The van der Waals surface area contributed by atoms with E-state index in [-0.39, 0.29) is 5.82 Å². The Morgan fingerprint density at radius 2 is 1.68 bits per heavy atom. The number of benzene rings is 2. The third kappa shape index (κ3) is 2.69. The lowest BCUT2D eigenvalue weighted by Gasteiger charge is -2.17. The van der Waals surface area contributed by atoms with Gasteiger partial charge in [0, 0.05) is 0 Å². The van der Waals surface area contributed by atoms with Gasteiger partial charge in [-0.1, -0.05) is 18.2 Å². The van der Waals surface area contributed by atoms with Crippen molar-refractivity contribution in [3.8, 4) is 11.5 Å². The summed E-state index contributed by atoms with van der Waals surface area (Å²) in [5, 5.41) is 0. The fourth-order valence-corrected chi connectivity index (χ4v) is 1.97. The highest BCUT2D eigenvalue weighted by atomic mass is 19.1. The lowest BCUT2D eigenvalue weighted by molar-refractivity contribution is 0.402. The van der Waals surface area contributed by atoms with Gasteiger partial charge in [0.1, 0.15) is 17.3 Å². The number of halogens is 1. The van der Waals surface area contributed by atoms with Crippen LogP contribution in [0.5, 0.6) is 11.5 Å². The molecular weight excluding hydrogens is 245 g/mol. The normalized spacial score (nSPS) is 12.0. The maximum Gasteiger partial charge on any atom is 0.132 e. The lowest BCUT2D eigenvalue weighted by Crippen LogP contribution is -2.14. The molecule has 0 aliphatic heterocycles. The lowest BCUT2D eigenvalue weighted by atomic mass is 9.98. The standard InChI is InChI=1S/C15H16FNO2/c1-18-11-8-6-10(7-9-11)15(17)14-12(16)4-3-5-13(14)19-2/h3-9,15H,17H2,1-2H3. The van der Waals surface area contributed by atoms with E-state index in [1.54, 1.807) is 31.4 Å². The van der Waals surface area contributed by atoms with Crippen LogP contribution in [0.25, 0.3) is 0 Å². The van der Waals surface area contributed by atoms with E-state index >= 15 is 0 Å². The maximum absolute atomic E-state index is 13.9. The Morgan fingerprint density at radius 3 is 2.26 bits per heavy atom. The second-order valence-corrected chi connectivity index (χ2v) is 4.11. The molecule has 0 aliphatic rings. The molecule has 19 heavy (non-hydrogen) atoms. The Labute approximate surface area is 111 Å². The molecule has 0 aliphatic carbocycles. The van der Waals surface area contributed by atoms with Crippen LogP contribution >= 0.6 is 0 Å². The summed E-state index contributed by atoms with van der Waals surface area (Å²) < 4.78 is 24.2. The molecule has 2 rings (SSSR count). The van der Waals surface area contributed by atoms with Crippen LogP contribution in [0.15, 0.2) is 42.5 Å². The number of ether oxygens (including phenoxy) is 2. The smallest absolute Gasteiger partial charge is 0.132 e.